The van der Waals surface area contributed by atoms with Gasteiger partial charge in [0.2, 0.25) is 0 Å². The highest BCUT2D eigenvalue weighted by molar-refractivity contribution is 5.98. The van der Waals surface area contributed by atoms with E-state index < -0.39 is 0 Å². The van der Waals surface area contributed by atoms with E-state index >= 15 is 0 Å². The maximum Gasteiger partial charge on any atom is 0.274 e. The number of hydrogen-bond donors (Lipinski definition) is 1. The summed E-state index contributed by atoms with van der Waals surface area (Å²) >= 11 is 0. The highest BCUT2D eigenvalue weighted by atomic mass is 16.2. The summed E-state index contributed by atoms with van der Waals surface area (Å²) in [7, 11) is 0. The predicted octanol–water partition coefficient (Wildman–Crippen LogP) is 3.32. The van der Waals surface area contributed by atoms with Crippen LogP contribution in [0, 0.1) is 0 Å². The number of H-pyrrole nitrogens is 1. The van der Waals surface area contributed by atoms with Crippen molar-refractivity contribution in [1.29, 1.82) is 0 Å². The van der Waals surface area contributed by atoms with Gasteiger partial charge in [0, 0.05) is 24.2 Å². The van der Waals surface area contributed by atoms with Crippen molar-refractivity contribution in [3.8, 4) is 11.4 Å². The maximum absolute atomic E-state index is 12.8. The standard InChI is InChI=1S/C21H20N4O2/c1-3-24(4-2)21(27)15-10-11-16-17(12-15)25-18(20(26)23-16)13-22-19(25)14-8-6-5-7-9-14/h5-13H,3-4H2,1-2H3,(H,23,26). The zero-order valence-corrected chi connectivity index (χ0v) is 15.3. The van der Waals surface area contributed by atoms with Crippen molar-refractivity contribution < 1.29 is 4.79 Å². The van der Waals surface area contributed by atoms with Crippen LogP contribution in [0.3, 0.4) is 0 Å². The fourth-order valence-electron chi connectivity index (χ4n) is 3.38. The average Bonchev–Trinajstić information content (AvgIpc) is 3.15. The molecule has 4 rings (SSSR count). The van der Waals surface area contributed by atoms with E-state index in [1.165, 1.54) is 0 Å². The molecule has 0 aliphatic carbocycles. The minimum atomic E-state index is -0.208. The number of fused-ring (bicyclic) bond motifs is 3. The van der Waals surface area contributed by atoms with Crippen LogP contribution < -0.4 is 5.56 Å². The summed E-state index contributed by atoms with van der Waals surface area (Å²) in [6.45, 7) is 5.21. The smallest absolute Gasteiger partial charge is 0.274 e. The normalized spacial score (nSPS) is 11.2. The quantitative estimate of drug-likeness (QED) is 0.607. The molecule has 6 heteroatoms. The fraction of sp³-hybridized carbons (Fsp3) is 0.190. The van der Waals surface area contributed by atoms with Crippen LogP contribution in [0.25, 0.3) is 27.9 Å². The molecule has 0 aliphatic heterocycles. The number of carbonyl (C=O) groups excluding carboxylic acids is 1. The second-order valence-corrected chi connectivity index (χ2v) is 6.33. The summed E-state index contributed by atoms with van der Waals surface area (Å²) in [4.78, 5) is 34.4. The number of nitrogens with one attached hydrogen (secondary N) is 1. The third-order valence-electron chi connectivity index (χ3n) is 4.81. The number of aromatic amines is 1. The molecule has 6 nitrogen and oxygen atoms in total. The lowest BCUT2D eigenvalue weighted by Gasteiger charge is -2.19. The second kappa shape index (κ2) is 6.72. The Morgan fingerprint density at radius 1 is 1.07 bits per heavy atom. The minimum absolute atomic E-state index is 0.0253. The molecule has 0 radical (unpaired) electrons. The van der Waals surface area contributed by atoms with Crippen LogP contribution in [0.4, 0.5) is 0 Å². The molecule has 2 aromatic carbocycles. The van der Waals surface area contributed by atoms with Gasteiger partial charge in [-0.1, -0.05) is 30.3 Å². The molecule has 1 amide bonds. The van der Waals surface area contributed by atoms with Gasteiger partial charge in [0.15, 0.2) is 0 Å². The lowest BCUT2D eigenvalue weighted by atomic mass is 10.1. The van der Waals surface area contributed by atoms with Crippen molar-refractivity contribution in [1.82, 2.24) is 19.3 Å². The van der Waals surface area contributed by atoms with Crippen LogP contribution in [-0.4, -0.2) is 38.3 Å². The molecule has 0 spiro atoms. The second-order valence-electron chi connectivity index (χ2n) is 6.33. The Morgan fingerprint density at radius 3 is 2.52 bits per heavy atom. The van der Waals surface area contributed by atoms with Gasteiger partial charge in [0.25, 0.3) is 11.5 Å². The number of benzene rings is 2. The van der Waals surface area contributed by atoms with Gasteiger partial charge in [-0.15, -0.1) is 0 Å². The van der Waals surface area contributed by atoms with Crippen molar-refractivity contribution >= 4 is 22.5 Å². The average molecular weight is 360 g/mol. The number of rotatable bonds is 4. The minimum Gasteiger partial charge on any atom is -0.339 e. The SMILES string of the molecule is CCN(CC)C(=O)c1ccc2[nH]c(=O)c3cnc(-c4ccccc4)n3c2c1. The van der Waals surface area contributed by atoms with Crippen LogP contribution in [0.5, 0.6) is 0 Å². The van der Waals surface area contributed by atoms with Crippen molar-refractivity contribution in [3.05, 3.63) is 70.6 Å². The molecule has 0 saturated carbocycles. The number of amides is 1. The molecular formula is C21H20N4O2. The Kier molecular flexibility index (Phi) is 4.24. The van der Waals surface area contributed by atoms with E-state index in [4.69, 9.17) is 0 Å². The molecule has 4 aromatic rings. The molecule has 0 atom stereocenters. The summed E-state index contributed by atoms with van der Waals surface area (Å²) in [5.74, 6) is 0.650. The summed E-state index contributed by atoms with van der Waals surface area (Å²) < 4.78 is 1.82. The van der Waals surface area contributed by atoms with Crippen molar-refractivity contribution in [2.24, 2.45) is 0 Å². The van der Waals surface area contributed by atoms with Gasteiger partial charge in [-0.3, -0.25) is 14.0 Å². The molecule has 27 heavy (non-hydrogen) atoms. The Morgan fingerprint density at radius 2 is 1.81 bits per heavy atom. The molecule has 2 heterocycles. The van der Waals surface area contributed by atoms with E-state index in [9.17, 15) is 9.59 Å². The molecular weight excluding hydrogens is 340 g/mol. The Balaban J connectivity index is 2.01. The summed E-state index contributed by atoms with van der Waals surface area (Å²) in [5.41, 5.74) is 3.16. The van der Waals surface area contributed by atoms with E-state index in [2.05, 4.69) is 9.97 Å². The summed E-state index contributed by atoms with van der Waals surface area (Å²) in [6.07, 6.45) is 1.57. The van der Waals surface area contributed by atoms with Crippen LogP contribution in [0.2, 0.25) is 0 Å². The molecule has 2 aromatic heterocycles. The van der Waals surface area contributed by atoms with Gasteiger partial charge >= 0.3 is 0 Å². The van der Waals surface area contributed by atoms with Crippen LogP contribution in [-0.2, 0) is 0 Å². The predicted molar refractivity (Wildman–Crippen MR) is 106 cm³/mol. The molecule has 0 unspecified atom stereocenters. The molecule has 0 bridgehead atoms. The van der Waals surface area contributed by atoms with Crippen molar-refractivity contribution in [2.75, 3.05) is 13.1 Å². The third kappa shape index (κ3) is 2.79. The van der Waals surface area contributed by atoms with Gasteiger partial charge in [-0.25, -0.2) is 4.98 Å². The monoisotopic (exact) mass is 360 g/mol. The lowest BCUT2D eigenvalue weighted by molar-refractivity contribution is 0.0773. The molecule has 0 fully saturated rings. The Bertz CT molecular complexity index is 1190. The third-order valence-corrected chi connectivity index (χ3v) is 4.81. The highest BCUT2D eigenvalue weighted by Crippen LogP contribution is 2.23. The Hall–Kier alpha value is -3.41. The molecule has 1 N–H and O–H groups in total. The van der Waals surface area contributed by atoms with Crippen LogP contribution >= 0.6 is 0 Å². The Labute approximate surface area is 156 Å². The van der Waals surface area contributed by atoms with Crippen molar-refractivity contribution in [2.45, 2.75) is 13.8 Å². The van der Waals surface area contributed by atoms with Gasteiger partial charge < -0.3 is 9.88 Å². The van der Waals surface area contributed by atoms with Crippen LogP contribution in [0.1, 0.15) is 24.2 Å². The van der Waals surface area contributed by atoms with E-state index in [0.717, 1.165) is 11.1 Å². The highest BCUT2D eigenvalue weighted by Gasteiger charge is 2.16. The number of carbonyl (C=O) groups is 1. The molecule has 136 valence electrons. The van der Waals surface area contributed by atoms with Gasteiger partial charge in [-0.05, 0) is 32.0 Å². The lowest BCUT2D eigenvalue weighted by Crippen LogP contribution is -2.30. The van der Waals surface area contributed by atoms with Gasteiger partial charge in [-0.2, -0.15) is 0 Å². The van der Waals surface area contributed by atoms with E-state index in [-0.39, 0.29) is 11.5 Å². The van der Waals surface area contributed by atoms with Gasteiger partial charge in [0.05, 0.1) is 17.2 Å². The zero-order chi connectivity index (χ0) is 19.0. The van der Waals surface area contributed by atoms with E-state index in [0.29, 0.717) is 35.5 Å². The first kappa shape index (κ1) is 17.0. The maximum atomic E-state index is 12.8. The van der Waals surface area contributed by atoms with Crippen LogP contribution in [0.15, 0.2) is 59.5 Å². The van der Waals surface area contributed by atoms with Crippen molar-refractivity contribution in [3.63, 3.8) is 0 Å². The first-order chi connectivity index (χ1) is 13.1. The molecule has 0 aliphatic rings. The number of imidazole rings is 1. The number of hydrogen-bond acceptors (Lipinski definition) is 3. The largest absolute Gasteiger partial charge is 0.339 e. The van der Waals surface area contributed by atoms with E-state index in [1.54, 1.807) is 23.2 Å². The van der Waals surface area contributed by atoms with Gasteiger partial charge in [0.1, 0.15) is 11.3 Å². The first-order valence-electron chi connectivity index (χ1n) is 9.02. The summed E-state index contributed by atoms with van der Waals surface area (Å²) in [6, 6.07) is 15.1. The van der Waals surface area contributed by atoms with E-state index in [1.807, 2.05) is 54.6 Å². The summed E-state index contributed by atoms with van der Waals surface area (Å²) in [5, 5.41) is 0. The first-order valence-corrected chi connectivity index (χ1v) is 9.02. The number of aromatic nitrogens is 3. The number of nitrogens with zero attached hydrogens (tertiary/aromatic N) is 3. The topological polar surface area (TPSA) is 70.5 Å². The molecule has 0 saturated heterocycles. The zero-order valence-electron chi connectivity index (χ0n) is 15.3. The fourth-order valence-corrected chi connectivity index (χ4v) is 3.38.